The molecule has 0 amide bonds. The molecule has 2 saturated heterocycles. The third kappa shape index (κ3) is 2.27. The summed E-state index contributed by atoms with van der Waals surface area (Å²) in [6.45, 7) is 5.32. The van der Waals surface area contributed by atoms with Gasteiger partial charge in [-0.15, -0.1) is 0 Å². The van der Waals surface area contributed by atoms with Gasteiger partial charge in [-0.3, -0.25) is 0 Å². The summed E-state index contributed by atoms with van der Waals surface area (Å²) < 4.78 is 23.7. The molecule has 2 aliphatic heterocycles. The number of ether oxygens (including phenoxy) is 1. The van der Waals surface area contributed by atoms with Crippen molar-refractivity contribution in [2.24, 2.45) is 0 Å². The Hall–Kier alpha value is -1.05. The smallest absolute Gasteiger partial charge is 0.484 e. The summed E-state index contributed by atoms with van der Waals surface area (Å²) in [6, 6.07) is 6.75. The van der Waals surface area contributed by atoms with E-state index in [1.165, 1.54) is 0 Å². The summed E-state index contributed by atoms with van der Waals surface area (Å²) in [6.07, 6.45) is -0.767. The lowest BCUT2D eigenvalue weighted by molar-refractivity contribution is 0.00578. The Morgan fingerprint density at radius 3 is 2.10 bits per heavy atom. The maximum Gasteiger partial charge on any atom is 0.484 e. The van der Waals surface area contributed by atoms with Gasteiger partial charge in [0, 0.05) is 15.7 Å². The first-order valence-electron chi connectivity index (χ1n) is 6.85. The zero-order chi connectivity index (χ0) is 15.5. The maximum atomic E-state index is 11.7. The minimum atomic E-state index is -2.32. The molecule has 0 saturated carbocycles. The van der Waals surface area contributed by atoms with E-state index in [4.69, 9.17) is 18.7 Å². The summed E-state index contributed by atoms with van der Waals surface area (Å²) in [4.78, 5) is 11.7. The fraction of sp³-hybridized carbons (Fsp3) is 0.500. The standard InChI is InChI=1S/C14H17BBrO5/c1-13(2)14(3,4)21-15(20-13)11(18-12(17)19-15)9-5-7-10(16)8-6-9/h5-8,11H,1-4H3/q-1. The highest BCUT2D eigenvalue weighted by atomic mass is 79.9. The van der Waals surface area contributed by atoms with Gasteiger partial charge in [0.2, 0.25) is 0 Å². The van der Waals surface area contributed by atoms with Crippen molar-refractivity contribution in [3.8, 4) is 0 Å². The van der Waals surface area contributed by atoms with Crippen molar-refractivity contribution in [3.63, 3.8) is 0 Å². The molecule has 7 heteroatoms. The molecule has 1 atom stereocenters. The van der Waals surface area contributed by atoms with Crippen molar-refractivity contribution in [2.45, 2.75) is 44.9 Å². The molecule has 1 spiro atoms. The maximum absolute atomic E-state index is 11.7. The molecule has 2 fully saturated rings. The lowest BCUT2D eigenvalue weighted by atomic mass is 9.68. The van der Waals surface area contributed by atoms with Crippen LogP contribution in [0.25, 0.3) is 0 Å². The Labute approximate surface area is 132 Å². The topological polar surface area (TPSA) is 54.0 Å². The second-order valence-corrected chi connectivity index (χ2v) is 7.33. The normalized spacial score (nSPS) is 28.4. The second kappa shape index (κ2) is 4.47. The van der Waals surface area contributed by atoms with Gasteiger partial charge in [-0.25, -0.2) is 4.79 Å². The highest BCUT2D eigenvalue weighted by molar-refractivity contribution is 9.10. The molecule has 2 heterocycles. The number of hydrogen-bond acceptors (Lipinski definition) is 5. The van der Waals surface area contributed by atoms with Crippen molar-refractivity contribution in [3.05, 3.63) is 34.3 Å². The molecule has 0 radical (unpaired) electrons. The summed E-state index contributed by atoms with van der Waals surface area (Å²) in [5.74, 6) is 0. The Bertz CT molecular complexity index is 568. The number of rotatable bonds is 1. The van der Waals surface area contributed by atoms with Crippen molar-refractivity contribution in [1.82, 2.24) is 0 Å². The van der Waals surface area contributed by atoms with Gasteiger partial charge in [-0.1, -0.05) is 28.1 Å². The highest BCUT2D eigenvalue weighted by Crippen LogP contribution is 2.50. The van der Waals surface area contributed by atoms with Gasteiger partial charge in [-0.05, 0) is 45.4 Å². The van der Waals surface area contributed by atoms with Crippen molar-refractivity contribution in [2.75, 3.05) is 0 Å². The molecule has 0 aliphatic carbocycles. The Morgan fingerprint density at radius 2 is 1.57 bits per heavy atom. The molecule has 3 rings (SSSR count). The van der Waals surface area contributed by atoms with Crippen molar-refractivity contribution >= 4 is 28.8 Å². The van der Waals surface area contributed by atoms with Crippen LogP contribution in [-0.4, -0.2) is 24.1 Å². The van der Waals surface area contributed by atoms with E-state index in [2.05, 4.69) is 15.9 Å². The number of hydrogen-bond donors (Lipinski definition) is 0. The van der Waals surface area contributed by atoms with Crippen LogP contribution < -0.4 is 0 Å². The number of carbonyl (C=O) groups is 1. The Kier molecular flexibility index (Phi) is 3.17. The summed E-state index contributed by atoms with van der Waals surface area (Å²) in [5, 5.41) is 0. The molecule has 0 aromatic heterocycles. The molecular weight excluding hydrogens is 339 g/mol. The third-order valence-corrected chi connectivity index (χ3v) is 4.95. The Morgan fingerprint density at radius 1 is 1.05 bits per heavy atom. The van der Waals surface area contributed by atoms with Crippen LogP contribution in [0.1, 0.15) is 39.3 Å². The van der Waals surface area contributed by atoms with Crippen LogP contribution in [0, 0.1) is 0 Å². The first-order chi connectivity index (χ1) is 9.65. The van der Waals surface area contributed by atoms with Gasteiger partial charge in [0.25, 0.3) is 0 Å². The number of cyclic esters (lactones) is 1. The number of benzene rings is 1. The van der Waals surface area contributed by atoms with Crippen LogP contribution in [0.3, 0.4) is 0 Å². The van der Waals surface area contributed by atoms with Crippen LogP contribution in [0.2, 0.25) is 0 Å². The van der Waals surface area contributed by atoms with Gasteiger partial charge in [0.15, 0.2) is 0 Å². The zero-order valence-electron chi connectivity index (χ0n) is 12.4. The monoisotopic (exact) mass is 355 g/mol. The van der Waals surface area contributed by atoms with Crippen LogP contribution in [0.5, 0.6) is 0 Å². The van der Waals surface area contributed by atoms with E-state index in [1.54, 1.807) is 0 Å². The first-order valence-corrected chi connectivity index (χ1v) is 7.64. The molecular formula is C14H17BBrO5-. The molecule has 1 unspecified atom stereocenters. The van der Waals surface area contributed by atoms with Crippen LogP contribution in [0.15, 0.2) is 28.7 Å². The average Bonchev–Trinajstić information content (AvgIpc) is 2.73. The average molecular weight is 356 g/mol. The fourth-order valence-electron chi connectivity index (χ4n) is 2.67. The molecule has 5 nitrogen and oxygen atoms in total. The quantitative estimate of drug-likeness (QED) is 0.567. The summed E-state index contributed by atoms with van der Waals surface area (Å²) >= 11 is 3.38. The van der Waals surface area contributed by atoms with Gasteiger partial charge in [-0.2, -0.15) is 0 Å². The van der Waals surface area contributed by atoms with E-state index in [1.807, 2.05) is 52.0 Å². The van der Waals surface area contributed by atoms with Crippen molar-refractivity contribution < 1.29 is 23.5 Å². The van der Waals surface area contributed by atoms with Crippen LogP contribution in [0.4, 0.5) is 4.79 Å². The van der Waals surface area contributed by atoms with E-state index < -0.39 is 30.1 Å². The summed E-state index contributed by atoms with van der Waals surface area (Å²) in [7, 11) is 0. The lowest BCUT2D eigenvalue weighted by Gasteiger charge is -2.36. The Balaban J connectivity index is 2.01. The minimum Gasteiger partial charge on any atom is -0.609 e. The van der Waals surface area contributed by atoms with Crippen LogP contribution >= 0.6 is 15.9 Å². The lowest BCUT2D eigenvalue weighted by Crippen LogP contribution is -2.45. The first kappa shape index (κ1) is 14.9. The predicted molar refractivity (Wildman–Crippen MR) is 80.5 cm³/mol. The number of halogens is 1. The minimum absolute atomic E-state index is 0.603. The molecule has 1 aromatic rings. The van der Waals surface area contributed by atoms with Gasteiger partial charge in [0.1, 0.15) is 6.00 Å². The number of carbonyl (C=O) groups excluding carboxylic acids is 1. The zero-order valence-corrected chi connectivity index (χ0v) is 14.0. The van der Waals surface area contributed by atoms with E-state index in [0.29, 0.717) is 0 Å². The van der Waals surface area contributed by atoms with Gasteiger partial charge in [0.05, 0.1) is 0 Å². The predicted octanol–water partition coefficient (Wildman–Crippen LogP) is 3.74. The summed E-state index contributed by atoms with van der Waals surface area (Å²) in [5.41, 5.74) is -0.430. The highest BCUT2D eigenvalue weighted by Gasteiger charge is 2.63. The van der Waals surface area contributed by atoms with E-state index in [0.717, 1.165) is 10.0 Å². The largest absolute Gasteiger partial charge is 0.609 e. The van der Waals surface area contributed by atoms with Gasteiger partial charge < -0.3 is 18.7 Å². The van der Waals surface area contributed by atoms with E-state index >= 15 is 0 Å². The van der Waals surface area contributed by atoms with E-state index in [-0.39, 0.29) is 0 Å². The second-order valence-electron chi connectivity index (χ2n) is 6.41. The SMILES string of the molecule is CC1(C)O[B-]2(OC(=O)OC2c2ccc(Br)cc2)OC1(C)C. The molecule has 1 aromatic carbocycles. The van der Waals surface area contributed by atoms with E-state index in [9.17, 15) is 4.79 Å². The molecule has 0 bridgehead atoms. The van der Waals surface area contributed by atoms with Gasteiger partial charge >= 0.3 is 12.9 Å². The molecule has 0 N–H and O–H groups in total. The molecule has 2 aliphatic rings. The van der Waals surface area contributed by atoms with Crippen LogP contribution in [-0.2, 0) is 18.7 Å². The molecule has 114 valence electrons. The fourth-order valence-corrected chi connectivity index (χ4v) is 2.93. The molecule has 21 heavy (non-hydrogen) atoms. The third-order valence-electron chi connectivity index (χ3n) is 4.42. The van der Waals surface area contributed by atoms with Crippen molar-refractivity contribution in [1.29, 1.82) is 0 Å².